The highest BCUT2D eigenvalue weighted by Crippen LogP contribution is 2.31. The number of aryl methyl sites for hydroxylation is 1. The van der Waals surface area contributed by atoms with Crippen LogP contribution in [0.4, 0.5) is 11.4 Å². The second-order valence-electron chi connectivity index (χ2n) is 4.14. The molecule has 1 aromatic heterocycles. The molecule has 102 valence electrons. The Bertz CT molecular complexity index is 706. The first-order chi connectivity index (χ1) is 9.51. The fourth-order valence-corrected chi connectivity index (χ4v) is 2.69. The molecule has 2 rings (SSSR count). The van der Waals surface area contributed by atoms with E-state index in [2.05, 4.69) is 11.4 Å². The molecule has 0 atom stereocenters. The Morgan fingerprint density at radius 3 is 2.85 bits per heavy atom. The van der Waals surface area contributed by atoms with Gasteiger partial charge in [-0.2, -0.15) is 5.26 Å². The summed E-state index contributed by atoms with van der Waals surface area (Å²) in [6, 6.07) is 6.87. The molecule has 20 heavy (non-hydrogen) atoms. The van der Waals surface area contributed by atoms with Gasteiger partial charge in [0.15, 0.2) is 0 Å². The summed E-state index contributed by atoms with van der Waals surface area (Å²) in [5.74, 6) is 0. The minimum Gasteiger partial charge on any atom is -0.380 e. The van der Waals surface area contributed by atoms with Crippen LogP contribution >= 0.6 is 22.9 Å². The van der Waals surface area contributed by atoms with Gasteiger partial charge in [-0.25, -0.2) is 0 Å². The highest BCUT2D eigenvalue weighted by molar-refractivity contribution is 7.10. The molecule has 1 aromatic carbocycles. The molecule has 0 saturated carbocycles. The van der Waals surface area contributed by atoms with Crippen LogP contribution in [0.5, 0.6) is 0 Å². The zero-order chi connectivity index (χ0) is 14.7. The first kappa shape index (κ1) is 14.3. The van der Waals surface area contributed by atoms with Crippen LogP contribution < -0.4 is 5.32 Å². The third-order valence-electron chi connectivity index (χ3n) is 2.73. The molecule has 0 aliphatic rings. The first-order valence-corrected chi connectivity index (χ1v) is 6.93. The largest absolute Gasteiger partial charge is 0.380 e. The number of nitro groups is 1. The van der Waals surface area contributed by atoms with Crippen LogP contribution in [-0.4, -0.2) is 4.92 Å². The van der Waals surface area contributed by atoms with E-state index in [-0.39, 0.29) is 10.7 Å². The lowest BCUT2D eigenvalue weighted by atomic mass is 10.1. The summed E-state index contributed by atoms with van der Waals surface area (Å²) in [7, 11) is 0. The molecule has 0 aliphatic carbocycles. The predicted molar refractivity (Wildman–Crippen MR) is 79.2 cm³/mol. The molecule has 7 heteroatoms. The van der Waals surface area contributed by atoms with Crippen molar-refractivity contribution in [2.45, 2.75) is 13.5 Å². The van der Waals surface area contributed by atoms with Crippen LogP contribution in [0.15, 0.2) is 23.6 Å². The van der Waals surface area contributed by atoms with Gasteiger partial charge in [0, 0.05) is 28.6 Å². The van der Waals surface area contributed by atoms with E-state index in [1.54, 1.807) is 24.4 Å². The number of hydrogen-bond donors (Lipinski definition) is 1. The van der Waals surface area contributed by atoms with Gasteiger partial charge >= 0.3 is 0 Å². The van der Waals surface area contributed by atoms with Crippen molar-refractivity contribution < 1.29 is 4.92 Å². The lowest BCUT2D eigenvalue weighted by molar-refractivity contribution is -0.384. The highest BCUT2D eigenvalue weighted by Gasteiger charge is 2.14. The number of rotatable bonds is 4. The van der Waals surface area contributed by atoms with E-state index in [9.17, 15) is 10.1 Å². The number of benzene rings is 1. The molecular formula is C13H10ClN3O2S. The fourth-order valence-electron chi connectivity index (χ4n) is 1.71. The minimum atomic E-state index is -0.502. The van der Waals surface area contributed by atoms with E-state index in [1.807, 2.05) is 0 Å². The molecule has 1 N–H and O–H groups in total. The van der Waals surface area contributed by atoms with Gasteiger partial charge in [0.05, 0.1) is 10.5 Å². The molecule has 0 bridgehead atoms. The Kier molecular flexibility index (Phi) is 4.23. The van der Waals surface area contributed by atoms with Gasteiger partial charge in [-0.3, -0.25) is 10.1 Å². The highest BCUT2D eigenvalue weighted by atomic mass is 35.5. The number of halogens is 1. The number of nitro benzene ring substituents is 1. The summed E-state index contributed by atoms with van der Waals surface area (Å²) in [4.78, 5) is 11.3. The Morgan fingerprint density at radius 2 is 2.25 bits per heavy atom. The number of thiophene rings is 1. The number of anilines is 1. The van der Waals surface area contributed by atoms with Crippen LogP contribution in [0.25, 0.3) is 0 Å². The summed E-state index contributed by atoms with van der Waals surface area (Å²) in [6.07, 6.45) is 0. The SMILES string of the molecule is Cc1cc([N+](=O)[O-])c(Cl)cc1NCc1cc(C#N)cs1. The summed E-state index contributed by atoms with van der Waals surface area (Å²) in [5.41, 5.74) is 2.02. The monoisotopic (exact) mass is 307 g/mol. The van der Waals surface area contributed by atoms with Gasteiger partial charge < -0.3 is 5.32 Å². The van der Waals surface area contributed by atoms with Gasteiger partial charge in [0.1, 0.15) is 11.1 Å². The van der Waals surface area contributed by atoms with Gasteiger partial charge in [-0.05, 0) is 24.6 Å². The van der Waals surface area contributed by atoms with E-state index >= 15 is 0 Å². The van der Waals surface area contributed by atoms with Crippen molar-refractivity contribution >= 4 is 34.3 Å². The third-order valence-corrected chi connectivity index (χ3v) is 3.97. The van der Waals surface area contributed by atoms with E-state index in [1.165, 1.54) is 17.4 Å². The lowest BCUT2D eigenvalue weighted by Crippen LogP contribution is -2.00. The van der Waals surface area contributed by atoms with Crippen LogP contribution in [-0.2, 0) is 6.54 Å². The van der Waals surface area contributed by atoms with Crippen molar-refractivity contribution in [3.8, 4) is 6.07 Å². The number of nitriles is 1. The van der Waals surface area contributed by atoms with E-state index in [0.29, 0.717) is 12.1 Å². The normalized spacial score (nSPS) is 10.1. The topological polar surface area (TPSA) is 79.0 Å². The van der Waals surface area contributed by atoms with Crippen LogP contribution in [0.3, 0.4) is 0 Å². The Labute approximate surface area is 124 Å². The standard InChI is InChI=1S/C13H10ClN3O2S/c1-8-2-13(17(18)19)11(14)4-12(8)16-6-10-3-9(5-15)7-20-10/h2-4,7,16H,6H2,1H3. The average molecular weight is 308 g/mol. The minimum absolute atomic E-state index is 0.0994. The van der Waals surface area contributed by atoms with Crippen molar-refractivity contribution in [2.24, 2.45) is 0 Å². The Hall–Kier alpha value is -2.10. The average Bonchev–Trinajstić information content (AvgIpc) is 2.87. The van der Waals surface area contributed by atoms with Crippen molar-refractivity contribution in [3.05, 3.63) is 54.7 Å². The van der Waals surface area contributed by atoms with Crippen LogP contribution in [0, 0.1) is 28.4 Å². The second-order valence-corrected chi connectivity index (χ2v) is 5.55. The quantitative estimate of drug-likeness (QED) is 0.681. The predicted octanol–water partition coefficient (Wildman–Crippen LogP) is 4.10. The molecule has 1 heterocycles. The van der Waals surface area contributed by atoms with Crippen LogP contribution in [0.2, 0.25) is 5.02 Å². The van der Waals surface area contributed by atoms with Crippen LogP contribution in [0.1, 0.15) is 16.0 Å². The van der Waals surface area contributed by atoms with Gasteiger partial charge in [-0.1, -0.05) is 11.6 Å². The van der Waals surface area contributed by atoms with E-state index < -0.39 is 4.92 Å². The molecule has 5 nitrogen and oxygen atoms in total. The molecule has 0 unspecified atom stereocenters. The Balaban J connectivity index is 2.16. The molecule has 0 radical (unpaired) electrons. The molecule has 0 amide bonds. The van der Waals surface area contributed by atoms with Gasteiger partial charge in [0.2, 0.25) is 0 Å². The molecule has 0 fully saturated rings. The second kappa shape index (κ2) is 5.90. The smallest absolute Gasteiger partial charge is 0.288 e. The third kappa shape index (κ3) is 3.07. The molecular weight excluding hydrogens is 298 g/mol. The zero-order valence-electron chi connectivity index (χ0n) is 10.5. The zero-order valence-corrected chi connectivity index (χ0v) is 12.1. The summed E-state index contributed by atoms with van der Waals surface area (Å²) in [6.45, 7) is 2.32. The van der Waals surface area contributed by atoms with Crippen molar-refractivity contribution in [1.82, 2.24) is 0 Å². The summed E-state index contributed by atoms with van der Waals surface area (Å²) >= 11 is 7.37. The maximum absolute atomic E-state index is 10.8. The summed E-state index contributed by atoms with van der Waals surface area (Å²) in [5, 5.41) is 24.6. The van der Waals surface area contributed by atoms with Crippen molar-refractivity contribution in [3.63, 3.8) is 0 Å². The maximum atomic E-state index is 10.8. The Morgan fingerprint density at radius 1 is 1.50 bits per heavy atom. The van der Waals surface area contributed by atoms with E-state index in [4.69, 9.17) is 16.9 Å². The summed E-state index contributed by atoms with van der Waals surface area (Å²) < 4.78 is 0. The molecule has 0 aliphatic heterocycles. The first-order valence-electron chi connectivity index (χ1n) is 5.67. The molecule has 0 saturated heterocycles. The molecule has 2 aromatic rings. The van der Waals surface area contributed by atoms with Crippen molar-refractivity contribution in [2.75, 3.05) is 5.32 Å². The number of hydrogen-bond acceptors (Lipinski definition) is 5. The number of nitrogens with one attached hydrogen (secondary N) is 1. The lowest BCUT2D eigenvalue weighted by Gasteiger charge is -2.09. The fraction of sp³-hybridized carbons (Fsp3) is 0.154. The van der Waals surface area contributed by atoms with Gasteiger partial charge in [0.25, 0.3) is 5.69 Å². The number of nitrogens with zero attached hydrogens (tertiary/aromatic N) is 2. The van der Waals surface area contributed by atoms with E-state index in [0.717, 1.165) is 16.1 Å². The maximum Gasteiger partial charge on any atom is 0.288 e. The molecule has 0 spiro atoms. The van der Waals surface area contributed by atoms with Crippen molar-refractivity contribution in [1.29, 1.82) is 5.26 Å². The van der Waals surface area contributed by atoms with Gasteiger partial charge in [-0.15, -0.1) is 11.3 Å².